The van der Waals surface area contributed by atoms with Gasteiger partial charge in [0.15, 0.2) is 11.6 Å². The van der Waals surface area contributed by atoms with Gasteiger partial charge in [-0.2, -0.15) is 0 Å². The van der Waals surface area contributed by atoms with Gasteiger partial charge in [-0.05, 0) is 82.2 Å². The molecule has 37 heavy (non-hydrogen) atoms. The molecular weight excluding hydrogens is 462 g/mol. The number of rotatable bonds is 10. The summed E-state index contributed by atoms with van der Waals surface area (Å²) in [7, 11) is 0. The van der Waals surface area contributed by atoms with Crippen molar-refractivity contribution in [2.24, 2.45) is 5.92 Å². The molecule has 0 fully saturated rings. The molecule has 0 radical (unpaired) electrons. The van der Waals surface area contributed by atoms with E-state index in [1.165, 1.54) is 5.56 Å². The molecule has 6 heteroatoms. The van der Waals surface area contributed by atoms with Crippen LogP contribution in [0.5, 0.6) is 0 Å². The van der Waals surface area contributed by atoms with E-state index in [1.807, 2.05) is 42.5 Å². The van der Waals surface area contributed by atoms with E-state index in [4.69, 9.17) is 0 Å². The predicted molar refractivity (Wildman–Crippen MR) is 146 cm³/mol. The van der Waals surface area contributed by atoms with Crippen LogP contribution in [0.25, 0.3) is 11.4 Å². The Balaban J connectivity index is 1.44. The maximum Gasteiger partial charge on any atom is 0.224 e. The second-order valence-corrected chi connectivity index (χ2v) is 9.62. The monoisotopic (exact) mass is 495 g/mol. The molecular formula is C31H33N3O3. The molecule has 4 rings (SSSR count). The van der Waals surface area contributed by atoms with Gasteiger partial charge in [0.1, 0.15) is 5.82 Å². The third-order valence-electron chi connectivity index (χ3n) is 7.16. The number of aromatic amines is 1. The average molecular weight is 496 g/mol. The molecule has 6 nitrogen and oxygen atoms in total. The molecule has 3 aromatic rings. The lowest BCUT2D eigenvalue weighted by Gasteiger charge is -2.26. The van der Waals surface area contributed by atoms with Crippen LogP contribution in [0.1, 0.15) is 52.0 Å². The van der Waals surface area contributed by atoms with Crippen LogP contribution in [-0.4, -0.2) is 27.4 Å². The smallest absolute Gasteiger partial charge is 0.224 e. The Labute approximate surface area is 217 Å². The van der Waals surface area contributed by atoms with Gasteiger partial charge in [-0.15, -0.1) is 0 Å². The summed E-state index contributed by atoms with van der Waals surface area (Å²) in [5.41, 5.74) is 5.01. The van der Waals surface area contributed by atoms with E-state index in [2.05, 4.69) is 27.4 Å². The quantitative estimate of drug-likeness (QED) is 0.326. The summed E-state index contributed by atoms with van der Waals surface area (Å²) in [6, 6.07) is 17.7. The van der Waals surface area contributed by atoms with Crippen molar-refractivity contribution in [3.8, 4) is 11.4 Å². The van der Waals surface area contributed by atoms with E-state index in [1.54, 1.807) is 33.2 Å². The van der Waals surface area contributed by atoms with Gasteiger partial charge in [0.25, 0.3) is 0 Å². The molecule has 1 amide bonds. The average Bonchev–Trinajstić information content (AvgIpc) is 3.45. The second kappa shape index (κ2) is 11.8. The van der Waals surface area contributed by atoms with Crippen molar-refractivity contribution < 1.29 is 14.4 Å². The minimum absolute atomic E-state index is 0.0618. The maximum atomic E-state index is 13.3. The first kappa shape index (κ1) is 26.0. The minimum atomic E-state index is -0.157. The number of H-pyrrole nitrogens is 1. The summed E-state index contributed by atoms with van der Waals surface area (Å²) in [6.45, 7) is 5.18. The number of nitrogens with zero attached hydrogens (tertiary/aromatic N) is 1. The largest absolute Gasteiger partial charge is 0.345 e. The molecule has 2 aromatic carbocycles. The van der Waals surface area contributed by atoms with Crippen molar-refractivity contribution in [3.63, 3.8) is 0 Å². The van der Waals surface area contributed by atoms with Crippen molar-refractivity contribution >= 4 is 23.2 Å². The van der Waals surface area contributed by atoms with E-state index in [0.717, 1.165) is 30.7 Å². The Bertz CT molecular complexity index is 1330. The number of hydrogen-bond donors (Lipinski definition) is 2. The fourth-order valence-corrected chi connectivity index (χ4v) is 4.90. The number of ketones is 2. The van der Waals surface area contributed by atoms with Crippen LogP contribution in [-0.2, 0) is 20.8 Å². The van der Waals surface area contributed by atoms with E-state index < -0.39 is 0 Å². The van der Waals surface area contributed by atoms with Crippen molar-refractivity contribution in [2.75, 3.05) is 5.32 Å². The number of imidazole rings is 1. The Hall–Kier alpha value is -4.06. The number of hydrogen-bond acceptors (Lipinski definition) is 4. The van der Waals surface area contributed by atoms with Crippen LogP contribution in [0.4, 0.5) is 5.69 Å². The Morgan fingerprint density at radius 2 is 1.59 bits per heavy atom. The molecule has 1 aromatic heterocycles. The molecule has 1 heterocycles. The van der Waals surface area contributed by atoms with Gasteiger partial charge < -0.3 is 10.3 Å². The van der Waals surface area contributed by atoms with Crippen molar-refractivity contribution in [1.29, 1.82) is 0 Å². The summed E-state index contributed by atoms with van der Waals surface area (Å²) in [4.78, 5) is 46.2. The molecule has 0 aliphatic heterocycles. The molecule has 0 saturated carbocycles. The lowest BCUT2D eigenvalue weighted by atomic mass is 9.76. The molecule has 0 saturated heterocycles. The highest BCUT2D eigenvalue weighted by Gasteiger charge is 2.32. The number of amides is 1. The highest BCUT2D eigenvalue weighted by atomic mass is 16.2. The van der Waals surface area contributed by atoms with E-state index in [9.17, 15) is 14.4 Å². The molecule has 1 aliphatic rings. The summed E-state index contributed by atoms with van der Waals surface area (Å²) in [6.07, 6.45) is 6.71. The third kappa shape index (κ3) is 6.20. The maximum absolute atomic E-state index is 13.3. The van der Waals surface area contributed by atoms with Crippen molar-refractivity contribution in [3.05, 3.63) is 94.8 Å². The van der Waals surface area contributed by atoms with Crippen LogP contribution in [0.15, 0.2) is 89.3 Å². The zero-order chi connectivity index (χ0) is 26.4. The number of nitrogens with one attached hydrogen (secondary N) is 2. The number of carbonyl (C=O) groups is 3. The zero-order valence-corrected chi connectivity index (χ0v) is 21.6. The summed E-state index contributed by atoms with van der Waals surface area (Å²) in [5.74, 6) is 0.367. The SMILES string of the molecule is CC1=C(C)C(=O)C(C(CCCc2ccccc2)CCC(=O)Nc2ccc(-c3ncc[nH]3)cc2)=C(C)C1=O. The van der Waals surface area contributed by atoms with Crippen molar-refractivity contribution in [2.45, 2.75) is 52.9 Å². The fourth-order valence-electron chi connectivity index (χ4n) is 4.90. The molecule has 1 unspecified atom stereocenters. The van der Waals surface area contributed by atoms with E-state index in [0.29, 0.717) is 34.4 Å². The van der Waals surface area contributed by atoms with Crippen LogP contribution in [0, 0.1) is 5.92 Å². The summed E-state index contributed by atoms with van der Waals surface area (Å²) >= 11 is 0. The first-order valence-electron chi connectivity index (χ1n) is 12.8. The Morgan fingerprint density at radius 3 is 2.27 bits per heavy atom. The normalized spacial score (nSPS) is 14.8. The van der Waals surface area contributed by atoms with Crippen LogP contribution >= 0.6 is 0 Å². The fraction of sp³-hybridized carbons (Fsp3) is 0.290. The first-order valence-corrected chi connectivity index (χ1v) is 12.8. The minimum Gasteiger partial charge on any atom is -0.345 e. The van der Waals surface area contributed by atoms with Crippen LogP contribution < -0.4 is 5.32 Å². The number of aromatic nitrogens is 2. The standard InChI is InChI=1S/C31H33N3O3/c1-20-21(2)30(37)28(22(3)29(20)36)24(11-7-10-23-8-5-4-6-9-23)14-17-27(35)34-26-15-12-25(13-16-26)31-32-18-19-33-31/h4-6,8-9,12-13,15-16,18-19,24H,7,10-11,14,17H2,1-3H3,(H,32,33)(H,34,35). The van der Waals surface area contributed by atoms with Gasteiger partial charge in [-0.1, -0.05) is 30.3 Å². The van der Waals surface area contributed by atoms with Crippen molar-refractivity contribution in [1.82, 2.24) is 9.97 Å². The topological polar surface area (TPSA) is 91.9 Å². The van der Waals surface area contributed by atoms with Crippen LogP contribution in [0.3, 0.4) is 0 Å². The van der Waals surface area contributed by atoms with Crippen LogP contribution in [0.2, 0.25) is 0 Å². The summed E-state index contributed by atoms with van der Waals surface area (Å²) < 4.78 is 0. The molecule has 1 aliphatic carbocycles. The lowest BCUT2D eigenvalue weighted by Crippen LogP contribution is -2.26. The Kier molecular flexibility index (Phi) is 8.29. The van der Waals surface area contributed by atoms with E-state index in [-0.39, 0.29) is 29.8 Å². The lowest BCUT2D eigenvalue weighted by molar-refractivity contribution is -0.117. The molecule has 0 bridgehead atoms. The van der Waals surface area contributed by atoms with Gasteiger partial charge in [0.05, 0.1) is 0 Å². The Morgan fingerprint density at radius 1 is 0.892 bits per heavy atom. The molecule has 2 N–H and O–H groups in total. The number of carbonyl (C=O) groups excluding carboxylic acids is 3. The number of anilines is 1. The predicted octanol–water partition coefficient (Wildman–Crippen LogP) is 6.24. The molecule has 1 atom stereocenters. The highest BCUT2D eigenvalue weighted by molar-refractivity contribution is 6.24. The van der Waals surface area contributed by atoms with Gasteiger partial charge in [-0.25, -0.2) is 4.98 Å². The zero-order valence-electron chi connectivity index (χ0n) is 21.6. The number of benzene rings is 2. The number of aryl methyl sites for hydroxylation is 1. The third-order valence-corrected chi connectivity index (χ3v) is 7.16. The van der Waals surface area contributed by atoms with E-state index >= 15 is 0 Å². The summed E-state index contributed by atoms with van der Waals surface area (Å²) in [5, 5.41) is 2.95. The number of Topliss-reactive ketones (excluding diaryl/α,β-unsaturated/α-hetero) is 2. The highest BCUT2D eigenvalue weighted by Crippen LogP contribution is 2.34. The van der Waals surface area contributed by atoms with Gasteiger partial charge >= 0.3 is 0 Å². The van der Waals surface area contributed by atoms with Gasteiger partial charge in [0, 0.05) is 52.4 Å². The molecule has 0 spiro atoms. The number of allylic oxidation sites excluding steroid dienone is 4. The first-order chi connectivity index (χ1) is 17.8. The van der Waals surface area contributed by atoms with Gasteiger partial charge in [0.2, 0.25) is 5.91 Å². The molecule has 190 valence electrons. The second-order valence-electron chi connectivity index (χ2n) is 9.62. The van der Waals surface area contributed by atoms with Gasteiger partial charge in [-0.3, -0.25) is 14.4 Å².